The number of hydrogen-bond donors (Lipinski definition) is 2. The van der Waals surface area contributed by atoms with Crippen molar-refractivity contribution >= 4 is 5.91 Å². The Bertz CT molecular complexity index is 103. The minimum atomic E-state index is -0.173. The van der Waals surface area contributed by atoms with Crippen LogP contribution in [0.4, 0.5) is 0 Å². The third kappa shape index (κ3) is 4.29. The summed E-state index contributed by atoms with van der Waals surface area (Å²) >= 11 is 0. The molecule has 4 nitrogen and oxygen atoms in total. The molecule has 60 valence electrons. The number of rotatable bonds is 4. The molecule has 0 radical (unpaired) electrons. The number of carbonyl (C=O) groups excluding carboxylic acids is 1. The van der Waals surface area contributed by atoms with Crippen molar-refractivity contribution in [1.82, 2.24) is 5.48 Å². The van der Waals surface area contributed by atoms with Gasteiger partial charge in [0.2, 0.25) is 5.91 Å². The Hall–Kier alpha value is -0.610. The number of aliphatic hydroxyl groups excluding tert-OH is 1. The van der Waals surface area contributed by atoms with Gasteiger partial charge in [0.1, 0.15) is 0 Å². The van der Waals surface area contributed by atoms with E-state index in [4.69, 9.17) is 5.11 Å². The summed E-state index contributed by atoms with van der Waals surface area (Å²) in [5, 5.41) is 8.24. The van der Waals surface area contributed by atoms with Crippen LogP contribution in [0.25, 0.3) is 0 Å². The molecule has 0 aromatic heterocycles. The van der Waals surface area contributed by atoms with E-state index in [1.807, 2.05) is 0 Å². The second-order valence-electron chi connectivity index (χ2n) is 2.19. The SMILES string of the molecule is CC(C)C(=O)NOCCO. The predicted molar refractivity (Wildman–Crippen MR) is 36.0 cm³/mol. The summed E-state index contributed by atoms with van der Waals surface area (Å²) in [6.07, 6.45) is 0. The van der Waals surface area contributed by atoms with Crippen LogP contribution in [0.3, 0.4) is 0 Å². The standard InChI is InChI=1S/C6H13NO3/c1-5(2)6(9)7-10-4-3-8/h5,8H,3-4H2,1-2H3,(H,7,9). The van der Waals surface area contributed by atoms with Gasteiger partial charge in [-0.05, 0) is 0 Å². The summed E-state index contributed by atoms with van der Waals surface area (Å²) in [5.41, 5.74) is 2.18. The molecular weight excluding hydrogens is 134 g/mol. The highest BCUT2D eigenvalue weighted by atomic mass is 16.7. The van der Waals surface area contributed by atoms with Gasteiger partial charge in [0, 0.05) is 5.92 Å². The van der Waals surface area contributed by atoms with Gasteiger partial charge in [-0.3, -0.25) is 9.63 Å². The Morgan fingerprint density at radius 3 is 2.70 bits per heavy atom. The zero-order chi connectivity index (χ0) is 7.98. The summed E-state index contributed by atoms with van der Waals surface area (Å²) in [7, 11) is 0. The van der Waals surface area contributed by atoms with E-state index in [9.17, 15) is 4.79 Å². The highest BCUT2D eigenvalue weighted by Gasteiger charge is 2.04. The molecule has 0 atom stereocenters. The van der Waals surface area contributed by atoms with Crippen molar-refractivity contribution in [2.75, 3.05) is 13.2 Å². The number of nitrogens with one attached hydrogen (secondary N) is 1. The fraction of sp³-hybridized carbons (Fsp3) is 0.833. The van der Waals surface area contributed by atoms with E-state index in [-0.39, 0.29) is 25.0 Å². The van der Waals surface area contributed by atoms with Crippen LogP contribution in [0.2, 0.25) is 0 Å². The van der Waals surface area contributed by atoms with Crippen molar-refractivity contribution < 1.29 is 14.7 Å². The second-order valence-corrected chi connectivity index (χ2v) is 2.19. The van der Waals surface area contributed by atoms with Gasteiger partial charge in [-0.15, -0.1) is 0 Å². The molecule has 1 amide bonds. The van der Waals surface area contributed by atoms with Gasteiger partial charge in [-0.25, -0.2) is 5.48 Å². The lowest BCUT2D eigenvalue weighted by Crippen LogP contribution is -2.28. The normalized spacial score (nSPS) is 10.0. The van der Waals surface area contributed by atoms with Crippen LogP contribution in [0, 0.1) is 5.92 Å². The number of aliphatic hydroxyl groups is 1. The Kier molecular flexibility index (Phi) is 4.88. The maximum Gasteiger partial charge on any atom is 0.246 e. The molecule has 10 heavy (non-hydrogen) atoms. The number of hydrogen-bond acceptors (Lipinski definition) is 3. The molecule has 0 aliphatic heterocycles. The first-order chi connectivity index (χ1) is 4.68. The first-order valence-corrected chi connectivity index (χ1v) is 3.21. The van der Waals surface area contributed by atoms with Gasteiger partial charge >= 0.3 is 0 Å². The zero-order valence-electron chi connectivity index (χ0n) is 6.26. The summed E-state index contributed by atoms with van der Waals surface area (Å²) in [5.74, 6) is -0.257. The Morgan fingerprint density at radius 1 is 1.70 bits per heavy atom. The van der Waals surface area contributed by atoms with Gasteiger partial charge in [-0.2, -0.15) is 0 Å². The minimum Gasteiger partial charge on any atom is -0.394 e. The maximum atomic E-state index is 10.7. The van der Waals surface area contributed by atoms with Crippen molar-refractivity contribution in [1.29, 1.82) is 0 Å². The molecule has 2 N–H and O–H groups in total. The van der Waals surface area contributed by atoms with Crippen molar-refractivity contribution in [3.8, 4) is 0 Å². The summed E-state index contributed by atoms with van der Waals surface area (Å²) < 4.78 is 0. The topological polar surface area (TPSA) is 58.6 Å². The quantitative estimate of drug-likeness (QED) is 0.423. The van der Waals surface area contributed by atoms with Crippen LogP contribution in [0.15, 0.2) is 0 Å². The first kappa shape index (κ1) is 9.39. The molecule has 0 bridgehead atoms. The van der Waals surface area contributed by atoms with Gasteiger partial charge in [0.15, 0.2) is 0 Å². The van der Waals surface area contributed by atoms with E-state index in [2.05, 4.69) is 10.3 Å². The summed E-state index contributed by atoms with van der Waals surface area (Å²) in [4.78, 5) is 15.3. The van der Waals surface area contributed by atoms with Crippen LogP contribution >= 0.6 is 0 Å². The molecular formula is C6H13NO3. The van der Waals surface area contributed by atoms with Crippen molar-refractivity contribution in [2.45, 2.75) is 13.8 Å². The molecule has 0 saturated heterocycles. The maximum absolute atomic E-state index is 10.7. The van der Waals surface area contributed by atoms with Gasteiger partial charge in [0.05, 0.1) is 13.2 Å². The molecule has 0 unspecified atom stereocenters. The average molecular weight is 147 g/mol. The second kappa shape index (κ2) is 5.20. The third-order valence-electron chi connectivity index (χ3n) is 0.890. The molecule has 0 heterocycles. The highest BCUT2D eigenvalue weighted by molar-refractivity contribution is 5.76. The molecule has 4 heteroatoms. The van der Waals surface area contributed by atoms with E-state index in [0.717, 1.165) is 0 Å². The Balaban J connectivity index is 3.22. The summed E-state index contributed by atoms with van der Waals surface area (Å²) in [6, 6.07) is 0. The first-order valence-electron chi connectivity index (χ1n) is 3.21. The van der Waals surface area contributed by atoms with E-state index in [1.54, 1.807) is 13.8 Å². The van der Waals surface area contributed by atoms with Crippen LogP contribution in [0.5, 0.6) is 0 Å². The molecule has 0 aromatic carbocycles. The van der Waals surface area contributed by atoms with Crippen molar-refractivity contribution in [3.63, 3.8) is 0 Å². The molecule has 0 fully saturated rings. The van der Waals surface area contributed by atoms with Crippen molar-refractivity contribution in [2.24, 2.45) is 5.92 Å². The largest absolute Gasteiger partial charge is 0.394 e. The van der Waals surface area contributed by atoms with E-state index < -0.39 is 0 Å². The smallest absolute Gasteiger partial charge is 0.246 e. The zero-order valence-corrected chi connectivity index (χ0v) is 6.26. The molecule has 0 saturated carbocycles. The van der Waals surface area contributed by atoms with E-state index in [0.29, 0.717) is 0 Å². The van der Waals surface area contributed by atoms with Gasteiger partial charge < -0.3 is 5.11 Å². The molecule has 0 aliphatic carbocycles. The van der Waals surface area contributed by atoms with Crippen LogP contribution in [-0.4, -0.2) is 24.2 Å². The molecule has 0 spiro atoms. The molecule has 0 rings (SSSR count). The van der Waals surface area contributed by atoms with E-state index in [1.165, 1.54) is 0 Å². The van der Waals surface area contributed by atoms with E-state index >= 15 is 0 Å². The fourth-order valence-corrected chi connectivity index (χ4v) is 0.286. The predicted octanol–water partition coefficient (Wildman–Crippen LogP) is -0.318. The van der Waals surface area contributed by atoms with Gasteiger partial charge in [-0.1, -0.05) is 13.8 Å². The Labute approximate surface area is 60.1 Å². The number of carbonyl (C=O) groups is 1. The van der Waals surface area contributed by atoms with Crippen molar-refractivity contribution in [3.05, 3.63) is 0 Å². The van der Waals surface area contributed by atoms with Crippen LogP contribution in [0.1, 0.15) is 13.8 Å². The Morgan fingerprint density at radius 2 is 2.30 bits per heavy atom. The lowest BCUT2D eigenvalue weighted by Gasteiger charge is -2.05. The van der Waals surface area contributed by atoms with Crippen LogP contribution < -0.4 is 5.48 Å². The fourth-order valence-electron chi connectivity index (χ4n) is 0.286. The highest BCUT2D eigenvalue weighted by Crippen LogP contribution is 1.89. The number of amides is 1. The number of hydroxylamine groups is 1. The molecule has 0 aliphatic rings. The van der Waals surface area contributed by atoms with Gasteiger partial charge in [0.25, 0.3) is 0 Å². The lowest BCUT2D eigenvalue weighted by molar-refractivity contribution is -0.137. The monoisotopic (exact) mass is 147 g/mol. The minimum absolute atomic E-state index is 0.0845. The molecule has 0 aromatic rings. The van der Waals surface area contributed by atoms with Crippen LogP contribution in [-0.2, 0) is 9.63 Å². The lowest BCUT2D eigenvalue weighted by atomic mass is 10.2. The average Bonchev–Trinajstić information content (AvgIpc) is 1.88. The summed E-state index contributed by atoms with van der Waals surface area (Å²) in [6.45, 7) is 3.58. The third-order valence-corrected chi connectivity index (χ3v) is 0.890.